The fraction of sp³-hybridized carbons (Fsp3) is 0.350. The van der Waals surface area contributed by atoms with Crippen molar-refractivity contribution < 1.29 is 18.0 Å². The molecule has 1 aromatic heterocycles. The van der Waals surface area contributed by atoms with Crippen LogP contribution in [0.15, 0.2) is 53.7 Å². The summed E-state index contributed by atoms with van der Waals surface area (Å²) in [6, 6.07) is 9.30. The highest BCUT2D eigenvalue weighted by Crippen LogP contribution is 2.19. The lowest BCUT2D eigenvalue weighted by Crippen LogP contribution is -2.41. The first-order valence-corrected chi connectivity index (χ1v) is 10.6. The second kappa shape index (κ2) is 8.62. The SMILES string of the molecule is CC(=O)c1ccc(S(=O)(=O)NCC2CCN(C(=O)c3ccncc3)CC2)cc1. The molecule has 1 fully saturated rings. The molecule has 1 aliphatic rings. The van der Waals surface area contributed by atoms with Gasteiger partial charge in [-0.1, -0.05) is 12.1 Å². The number of sulfonamides is 1. The average Bonchev–Trinajstić information content (AvgIpc) is 2.73. The Bertz CT molecular complexity index is 935. The second-order valence-electron chi connectivity index (χ2n) is 6.90. The van der Waals surface area contributed by atoms with Crippen molar-refractivity contribution in [3.8, 4) is 0 Å². The molecule has 2 heterocycles. The number of benzene rings is 1. The topological polar surface area (TPSA) is 96.4 Å². The Morgan fingerprint density at radius 3 is 2.21 bits per heavy atom. The number of likely N-dealkylation sites (tertiary alicyclic amines) is 1. The van der Waals surface area contributed by atoms with E-state index in [0.717, 1.165) is 12.8 Å². The predicted octanol–water partition coefficient (Wildman–Crippen LogP) is 2.11. The van der Waals surface area contributed by atoms with Gasteiger partial charge in [0.1, 0.15) is 0 Å². The normalized spacial score (nSPS) is 15.4. The number of carbonyl (C=O) groups is 2. The van der Waals surface area contributed by atoms with Crippen LogP contribution in [0.3, 0.4) is 0 Å². The van der Waals surface area contributed by atoms with E-state index in [1.807, 2.05) is 0 Å². The zero-order valence-electron chi connectivity index (χ0n) is 15.7. The zero-order valence-corrected chi connectivity index (χ0v) is 16.5. The van der Waals surface area contributed by atoms with Crippen LogP contribution in [-0.4, -0.2) is 49.6 Å². The minimum absolute atomic E-state index is 0.0213. The molecule has 0 saturated carbocycles. The number of ketones is 1. The average molecular weight is 401 g/mol. The number of Topliss-reactive ketones (excluding diaryl/α,β-unsaturated/α-hetero) is 1. The van der Waals surface area contributed by atoms with Gasteiger partial charge in [0.2, 0.25) is 10.0 Å². The Morgan fingerprint density at radius 2 is 1.64 bits per heavy atom. The van der Waals surface area contributed by atoms with Crippen molar-refractivity contribution in [2.24, 2.45) is 5.92 Å². The summed E-state index contributed by atoms with van der Waals surface area (Å²) in [6.07, 6.45) is 4.67. The van der Waals surface area contributed by atoms with Crippen LogP contribution in [0.4, 0.5) is 0 Å². The standard InChI is InChI=1S/C20H23N3O4S/c1-15(24)17-2-4-19(5-3-17)28(26,27)22-14-16-8-12-23(13-9-16)20(25)18-6-10-21-11-7-18/h2-7,10-11,16,22H,8-9,12-14H2,1H3. The summed E-state index contributed by atoms with van der Waals surface area (Å²) in [6.45, 7) is 2.96. The molecule has 0 radical (unpaired) electrons. The lowest BCUT2D eigenvalue weighted by Gasteiger charge is -2.32. The smallest absolute Gasteiger partial charge is 0.253 e. The Balaban J connectivity index is 1.52. The number of rotatable bonds is 6. The summed E-state index contributed by atoms with van der Waals surface area (Å²) < 4.78 is 27.5. The van der Waals surface area contributed by atoms with E-state index in [1.54, 1.807) is 29.4 Å². The number of hydrogen-bond donors (Lipinski definition) is 1. The van der Waals surface area contributed by atoms with E-state index >= 15 is 0 Å². The Labute approximate surface area is 164 Å². The second-order valence-corrected chi connectivity index (χ2v) is 8.67. The van der Waals surface area contributed by atoms with Crippen LogP contribution in [0.1, 0.15) is 40.5 Å². The van der Waals surface area contributed by atoms with E-state index in [2.05, 4.69) is 9.71 Å². The largest absolute Gasteiger partial charge is 0.339 e. The molecule has 1 saturated heterocycles. The number of nitrogens with zero attached hydrogens (tertiary/aromatic N) is 2. The van der Waals surface area contributed by atoms with Gasteiger partial charge >= 0.3 is 0 Å². The zero-order chi connectivity index (χ0) is 20.1. The van der Waals surface area contributed by atoms with Crippen molar-refractivity contribution in [1.82, 2.24) is 14.6 Å². The molecule has 1 N–H and O–H groups in total. The summed E-state index contributed by atoms with van der Waals surface area (Å²) in [5.74, 6) is 0.0460. The first kappa shape index (κ1) is 20.2. The first-order valence-electron chi connectivity index (χ1n) is 9.17. The number of hydrogen-bond acceptors (Lipinski definition) is 5. The van der Waals surface area contributed by atoms with Crippen molar-refractivity contribution >= 4 is 21.7 Å². The number of aromatic nitrogens is 1. The summed E-state index contributed by atoms with van der Waals surface area (Å²) in [4.78, 5) is 29.6. The Kier molecular flexibility index (Phi) is 6.21. The van der Waals surface area contributed by atoms with Gasteiger partial charge in [-0.05, 0) is 49.9 Å². The molecule has 0 spiro atoms. The number of piperidine rings is 1. The van der Waals surface area contributed by atoms with Crippen LogP contribution in [0.25, 0.3) is 0 Å². The molecule has 1 aliphatic heterocycles. The monoisotopic (exact) mass is 401 g/mol. The van der Waals surface area contributed by atoms with Crippen LogP contribution in [-0.2, 0) is 10.0 Å². The molecule has 1 amide bonds. The molecule has 0 unspecified atom stereocenters. The molecule has 3 rings (SSSR count). The lowest BCUT2D eigenvalue weighted by atomic mass is 9.97. The fourth-order valence-electron chi connectivity index (χ4n) is 3.20. The molecule has 7 nitrogen and oxygen atoms in total. The van der Waals surface area contributed by atoms with Gasteiger partial charge in [0.25, 0.3) is 5.91 Å². The van der Waals surface area contributed by atoms with Crippen LogP contribution < -0.4 is 4.72 Å². The Morgan fingerprint density at radius 1 is 1.04 bits per heavy atom. The molecular formula is C20H23N3O4S. The van der Waals surface area contributed by atoms with Crippen LogP contribution in [0, 0.1) is 5.92 Å². The highest BCUT2D eigenvalue weighted by Gasteiger charge is 2.25. The van der Waals surface area contributed by atoms with Crippen molar-refractivity contribution in [2.45, 2.75) is 24.7 Å². The molecular weight excluding hydrogens is 378 g/mol. The first-order chi connectivity index (χ1) is 13.4. The van der Waals surface area contributed by atoms with E-state index in [9.17, 15) is 18.0 Å². The van der Waals surface area contributed by atoms with Gasteiger partial charge in [-0.25, -0.2) is 13.1 Å². The third-order valence-corrected chi connectivity index (χ3v) is 6.40. The van der Waals surface area contributed by atoms with Gasteiger partial charge in [0.15, 0.2) is 5.78 Å². The maximum atomic E-state index is 12.4. The molecule has 8 heteroatoms. The van der Waals surface area contributed by atoms with Crippen LogP contribution >= 0.6 is 0 Å². The summed E-state index contributed by atoms with van der Waals surface area (Å²) in [5.41, 5.74) is 1.09. The molecule has 28 heavy (non-hydrogen) atoms. The summed E-state index contributed by atoms with van der Waals surface area (Å²) in [5, 5.41) is 0. The molecule has 148 valence electrons. The van der Waals surface area contributed by atoms with Crippen molar-refractivity contribution in [3.05, 3.63) is 59.9 Å². The van der Waals surface area contributed by atoms with Gasteiger partial charge in [-0.2, -0.15) is 0 Å². The summed E-state index contributed by atoms with van der Waals surface area (Å²) in [7, 11) is -3.62. The van der Waals surface area contributed by atoms with E-state index in [-0.39, 0.29) is 22.5 Å². The van der Waals surface area contributed by atoms with Crippen molar-refractivity contribution in [3.63, 3.8) is 0 Å². The highest BCUT2D eigenvalue weighted by atomic mass is 32.2. The van der Waals surface area contributed by atoms with E-state index in [0.29, 0.717) is 30.8 Å². The highest BCUT2D eigenvalue weighted by molar-refractivity contribution is 7.89. The number of amides is 1. The van der Waals surface area contributed by atoms with E-state index in [4.69, 9.17) is 0 Å². The minimum Gasteiger partial charge on any atom is -0.339 e. The fourth-order valence-corrected chi connectivity index (χ4v) is 4.31. The van der Waals surface area contributed by atoms with Crippen LogP contribution in [0.2, 0.25) is 0 Å². The van der Waals surface area contributed by atoms with E-state index in [1.165, 1.54) is 31.2 Å². The Hall–Kier alpha value is -2.58. The lowest BCUT2D eigenvalue weighted by molar-refractivity contribution is 0.0691. The number of nitrogens with one attached hydrogen (secondary N) is 1. The predicted molar refractivity (Wildman–Crippen MR) is 104 cm³/mol. The third kappa shape index (κ3) is 4.82. The molecule has 2 aromatic rings. The molecule has 0 atom stereocenters. The van der Waals surface area contributed by atoms with Crippen molar-refractivity contribution in [2.75, 3.05) is 19.6 Å². The quantitative estimate of drug-likeness (QED) is 0.748. The van der Waals surface area contributed by atoms with Gasteiger partial charge in [0, 0.05) is 43.2 Å². The number of pyridine rings is 1. The van der Waals surface area contributed by atoms with Crippen molar-refractivity contribution in [1.29, 1.82) is 0 Å². The number of carbonyl (C=O) groups excluding carboxylic acids is 2. The van der Waals surface area contributed by atoms with Gasteiger partial charge < -0.3 is 4.90 Å². The van der Waals surface area contributed by atoms with Gasteiger partial charge in [0.05, 0.1) is 4.90 Å². The maximum Gasteiger partial charge on any atom is 0.253 e. The minimum atomic E-state index is -3.62. The summed E-state index contributed by atoms with van der Waals surface area (Å²) >= 11 is 0. The third-order valence-electron chi connectivity index (χ3n) is 4.96. The van der Waals surface area contributed by atoms with Gasteiger partial charge in [-0.15, -0.1) is 0 Å². The van der Waals surface area contributed by atoms with E-state index < -0.39 is 10.0 Å². The molecule has 0 aliphatic carbocycles. The molecule has 1 aromatic carbocycles. The molecule has 0 bridgehead atoms. The van der Waals surface area contributed by atoms with Crippen LogP contribution in [0.5, 0.6) is 0 Å². The maximum absolute atomic E-state index is 12.4. The van der Waals surface area contributed by atoms with Gasteiger partial charge in [-0.3, -0.25) is 14.6 Å².